The van der Waals surface area contributed by atoms with Crippen LogP contribution in [0.4, 0.5) is 0 Å². The van der Waals surface area contributed by atoms with E-state index >= 15 is 0 Å². The average molecular weight is 538 g/mol. The molecule has 0 aromatic heterocycles. The van der Waals surface area contributed by atoms with Crippen molar-refractivity contribution >= 4 is 93.0 Å². The second-order valence-corrected chi connectivity index (χ2v) is 2.88. The number of rotatable bonds is 5. The van der Waals surface area contributed by atoms with E-state index in [1.165, 1.54) is 0 Å². The van der Waals surface area contributed by atoms with Gasteiger partial charge >= 0.3 is 75.1 Å². The molecular weight excluding hydrogens is 507 g/mol. The van der Waals surface area contributed by atoms with Gasteiger partial charge in [-0.15, -0.1) is 19.5 Å². The normalized spacial score (nSPS) is 5.59. The molecule has 0 amide bonds. The number of nitrogens with one attached hydrogen (secondary N) is 2. The van der Waals surface area contributed by atoms with Gasteiger partial charge in [0.2, 0.25) is 0 Å². The Balaban J connectivity index is -0.0000000136. The number of carbonyl (C=O) groups excluding carboxylic acids is 3. The second-order valence-electron chi connectivity index (χ2n) is 2.88. The first-order chi connectivity index (χ1) is 13.0. The molecule has 0 saturated heterocycles. The van der Waals surface area contributed by atoms with Crippen molar-refractivity contribution in [1.82, 2.24) is 0 Å². The van der Waals surface area contributed by atoms with Crippen molar-refractivity contribution in [2.75, 3.05) is 33.4 Å². The van der Waals surface area contributed by atoms with Gasteiger partial charge in [0.05, 0.1) is 6.54 Å². The third-order valence-electron chi connectivity index (χ3n) is 0.812. The number of hydrogen-bond acceptors (Lipinski definition) is 13. The maximum absolute atomic E-state index is 9.24. The quantitative estimate of drug-likeness (QED) is 0.216. The Morgan fingerprint density at radius 2 is 0.941 bits per heavy atom. The fraction of sp³-hybridized carbons (Fsp3) is 0.500. The first kappa shape index (κ1) is 84.0. The maximum Gasteiger partial charge on any atom is 2.00 e. The molecule has 0 fully saturated rings. The van der Waals surface area contributed by atoms with E-state index in [-0.39, 0.29) is 105 Å². The van der Waals surface area contributed by atoms with Gasteiger partial charge in [0, 0.05) is 17.9 Å². The van der Waals surface area contributed by atoms with Gasteiger partial charge in [0.1, 0.15) is 0 Å². The van der Waals surface area contributed by atoms with Crippen molar-refractivity contribution in [1.29, 1.82) is 0 Å². The summed E-state index contributed by atoms with van der Waals surface area (Å²) in [5, 5.41) is 59.2. The van der Waals surface area contributed by atoms with Gasteiger partial charge in [-0.3, -0.25) is 4.79 Å². The van der Waals surface area contributed by atoms with Gasteiger partial charge in [-0.05, 0) is 0 Å². The number of aliphatic hydroxyl groups is 1. The second kappa shape index (κ2) is 105. The van der Waals surface area contributed by atoms with E-state index in [1.54, 1.807) is 0 Å². The number of aliphatic carboxylic acids is 4. The minimum atomic E-state index is -1.33. The Bertz CT molecular complexity index is 277. The molecule has 0 aromatic rings. The number of hydrogen-bond donors (Lipinski definition) is 3. The predicted molar refractivity (Wildman–Crippen MR) is 113 cm³/mol. The molecule has 198 valence electrons. The van der Waals surface area contributed by atoms with Gasteiger partial charge in [-0.2, -0.15) is 20.1 Å². The molecule has 0 spiro atoms. The fourth-order valence-electron chi connectivity index (χ4n) is 0. The molecule has 20 heteroatoms. The van der Waals surface area contributed by atoms with Crippen molar-refractivity contribution in [3.63, 3.8) is 0 Å². The van der Waals surface area contributed by atoms with E-state index in [1.807, 2.05) is 0 Å². The summed E-state index contributed by atoms with van der Waals surface area (Å²) in [6.45, 7) is 4.72. The van der Waals surface area contributed by atoms with Crippen LogP contribution in [0.2, 0.25) is 0 Å². The van der Waals surface area contributed by atoms with Crippen LogP contribution in [0, 0.1) is 21.0 Å². The molecule has 0 aliphatic rings. The largest absolute Gasteiger partial charge is 2.00 e. The fourth-order valence-corrected chi connectivity index (χ4v) is 0. The first-order valence-corrected chi connectivity index (χ1v) is 6.70. The van der Waals surface area contributed by atoms with Gasteiger partial charge in [0.25, 0.3) is 0 Å². The molecule has 0 aliphatic heterocycles. The van der Waals surface area contributed by atoms with Gasteiger partial charge in [-0.1, -0.05) is 0 Å². The summed E-state index contributed by atoms with van der Waals surface area (Å²) in [5.41, 5.74) is 16.6. The molecule has 0 atom stereocenters. The van der Waals surface area contributed by atoms with Crippen LogP contribution in [0.3, 0.4) is 0 Å². The zero-order valence-corrected chi connectivity index (χ0v) is 23.3. The summed E-state index contributed by atoms with van der Waals surface area (Å²) in [7, 11) is 3.00. The zero-order valence-electron chi connectivity index (χ0n) is 19.0. The average Bonchev–Trinajstić information content (AvgIpc) is 2.72. The zero-order chi connectivity index (χ0) is 24.6. The van der Waals surface area contributed by atoms with Crippen LogP contribution in [-0.2, 0) is 19.2 Å². The van der Waals surface area contributed by atoms with Crippen molar-refractivity contribution in [3.8, 4) is 0 Å². The van der Waals surface area contributed by atoms with E-state index in [0.29, 0.717) is 6.42 Å². The van der Waals surface area contributed by atoms with Crippen LogP contribution in [0.1, 0.15) is 12.8 Å². The van der Waals surface area contributed by atoms with E-state index in [0.717, 1.165) is 7.11 Å². The molecule has 10 N–H and O–H groups in total. The Morgan fingerprint density at radius 1 is 0.824 bits per heavy atom. The van der Waals surface area contributed by atoms with Crippen LogP contribution in [0.15, 0.2) is 0 Å². The van der Waals surface area contributed by atoms with Crippen LogP contribution in [-0.4, -0.2) is 153 Å². The summed E-state index contributed by atoms with van der Waals surface area (Å²) in [4.78, 5) is 36.6. The van der Waals surface area contributed by atoms with E-state index in [2.05, 4.69) is 26.7 Å². The predicted octanol–water partition coefficient (Wildman–Crippen LogP) is -8.06. The topological polar surface area (TPSA) is 389 Å². The summed E-state index contributed by atoms with van der Waals surface area (Å²) >= 11 is 0. The summed E-state index contributed by atoms with van der Waals surface area (Å²) in [5.74, 6) is -4.73. The standard InChI is InChI=1S/C3H5O2.C3H6O.C2H5NO2.2C2H4NO2.2CH3O.3Mg.3H2O/c1-2-3(4)5;1-2-3-4;3*3-1-2(4)5;2*1-2;;;;;;/h1-2H2,(H,4,5);1-3H2;1,3H2,(H,4,5);2*3H,1H2,(H,4,5);1H3;2H,1H2;;;;3*1H2/q-1;-2;;4*-1;3*+2;;;/p-5. The SMILES string of the molecule is C[O-].NCC(=O)O.O.[CH2-]CC(=O)[O-].[CH2-]CC[O-].[CH2-]O.[Mg+2].[Mg+2].[Mg+2].[NH-]CC(=O)[O-].[NH-]CC(=O)[O-].[OH-].[OH-]. The van der Waals surface area contributed by atoms with Gasteiger partial charge in [-0.25, -0.2) is 7.11 Å². The summed E-state index contributed by atoms with van der Waals surface area (Å²) in [6.07, 6.45) is 0.375. The van der Waals surface area contributed by atoms with Crippen molar-refractivity contribution in [2.24, 2.45) is 5.73 Å². The molecule has 34 heavy (non-hydrogen) atoms. The molecule has 0 bridgehead atoms. The molecule has 0 aromatic carbocycles. The van der Waals surface area contributed by atoms with E-state index in [4.69, 9.17) is 46.6 Å². The molecule has 0 rings (SSSR count). The number of carboxylic acids is 4. The molecule has 0 saturated carbocycles. The van der Waals surface area contributed by atoms with E-state index in [9.17, 15) is 19.8 Å². The summed E-state index contributed by atoms with van der Waals surface area (Å²) in [6, 6.07) is 0. The molecule has 0 radical (unpaired) electrons. The van der Waals surface area contributed by atoms with Crippen molar-refractivity contribution in [2.45, 2.75) is 12.8 Å². The Kier molecular flexibility index (Phi) is 259. The smallest absolute Gasteiger partial charge is 0.870 e. The third kappa shape index (κ3) is 389. The number of aliphatic hydroxyl groups excluding tert-OH is 1. The molecule has 0 aliphatic carbocycles. The Labute approximate surface area is 247 Å². The molecule has 0 unspecified atom stereocenters. The Hall–Kier alpha value is -0.181. The van der Waals surface area contributed by atoms with Gasteiger partial charge in [0.15, 0.2) is 0 Å². The Morgan fingerprint density at radius 3 is 0.941 bits per heavy atom. The van der Waals surface area contributed by atoms with Crippen LogP contribution >= 0.6 is 0 Å². The minimum Gasteiger partial charge on any atom is -0.870 e. The summed E-state index contributed by atoms with van der Waals surface area (Å²) < 4.78 is 0. The van der Waals surface area contributed by atoms with Crippen LogP contribution < -0.4 is 31.3 Å². The number of carboxylic acid groups (broad SMARTS) is 4. The molecule has 17 nitrogen and oxygen atoms in total. The van der Waals surface area contributed by atoms with Gasteiger partial charge < -0.3 is 97.6 Å². The molecular formula is C14H31Mg3N3O14-6. The van der Waals surface area contributed by atoms with Crippen molar-refractivity contribution in [3.05, 3.63) is 32.4 Å². The van der Waals surface area contributed by atoms with Crippen LogP contribution in [0.25, 0.3) is 11.5 Å². The monoisotopic (exact) mass is 537 g/mol. The maximum atomic E-state index is 9.24. The molecule has 0 heterocycles. The number of carbonyl (C=O) groups is 4. The minimum absolute atomic E-state index is 0. The third-order valence-corrected chi connectivity index (χ3v) is 0.812. The number of nitrogens with two attached hydrogens (primary N) is 1. The van der Waals surface area contributed by atoms with E-state index < -0.39 is 37.0 Å². The van der Waals surface area contributed by atoms with Crippen molar-refractivity contribution < 1.29 is 71.4 Å². The first-order valence-electron chi connectivity index (χ1n) is 6.70. The van der Waals surface area contributed by atoms with Crippen LogP contribution in [0.5, 0.6) is 0 Å².